The van der Waals surface area contributed by atoms with Gasteiger partial charge in [0.1, 0.15) is 0 Å². The molecule has 2 atom stereocenters. The lowest BCUT2D eigenvalue weighted by atomic mass is 9.80. The van der Waals surface area contributed by atoms with Crippen LogP contribution in [0.5, 0.6) is 0 Å². The average molecular weight is 490 g/mol. The van der Waals surface area contributed by atoms with E-state index < -0.39 is 0 Å². The molecule has 1 aliphatic carbocycles. The Labute approximate surface area is 211 Å². The second-order valence-corrected chi connectivity index (χ2v) is 10.2. The van der Waals surface area contributed by atoms with Crippen molar-refractivity contribution in [2.45, 2.75) is 51.2 Å². The van der Waals surface area contributed by atoms with Crippen molar-refractivity contribution in [3.63, 3.8) is 0 Å². The number of piperidine rings is 1. The Balaban J connectivity index is 1.41. The highest BCUT2D eigenvalue weighted by Crippen LogP contribution is 2.36. The lowest BCUT2D eigenvalue weighted by Gasteiger charge is -2.35. The molecule has 5 rings (SSSR count). The number of carbonyl (C=O) groups excluding carboxylic acids is 2. The highest BCUT2D eigenvalue weighted by Gasteiger charge is 2.40. The molecular weight excluding hydrogens is 454 g/mol. The average Bonchev–Trinajstić information content (AvgIpc) is 3.66. The largest absolute Gasteiger partial charge is 0.355 e. The molecule has 1 saturated heterocycles. The first-order valence-corrected chi connectivity index (χ1v) is 12.9. The maximum atomic E-state index is 14.1. The van der Waals surface area contributed by atoms with Gasteiger partial charge < -0.3 is 24.7 Å². The number of pyridine rings is 1. The van der Waals surface area contributed by atoms with E-state index in [1.807, 2.05) is 18.2 Å². The molecule has 1 aliphatic heterocycles. The van der Waals surface area contributed by atoms with Crippen LogP contribution in [0.4, 0.5) is 0 Å². The van der Waals surface area contributed by atoms with Gasteiger partial charge in [0, 0.05) is 75.6 Å². The summed E-state index contributed by atoms with van der Waals surface area (Å²) in [6.07, 6.45) is 6.83. The number of aryl methyl sites for hydroxylation is 1. The van der Waals surface area contributed by atoms with Crippen LogP contribution in [-0.4, -0.2) is 51.5 Å². The molecular formula is C28H35N5O3. The van der Waals surface area contributed by atoms with Gasteiger partial charge in [-0.15, -0.1) is 0 Å². The number of fused-ring (bicyclic) bond motifs is 1. The number of aromatic nitrogens is 2. The highest BCUT2D eigenvalue weighted by atomic mass is 16.2. The number of para-hydroxylation sites is 1. The summed E-state index contributed by atoms with van der Waals surface area (Å²) in [7, 11) is 1.75. The Morgan fingerprint density at radius 2 is 1.97 bits per heavy atom. The van der Waals surface area contributed by atoms with E-state index in [2.05, 4.69) is 38.4 Å². The zero-order valence-corrected chi connectivity index (χ0v) is 21.1. The van der Waals surface area contributed by atoms with Crippen molar-refractivity contribution >= 4 is 22.7 Å². The molecule has 36 heavy (non-hydrogen) atoms. The van der Waals surface area contributed by atoms with Gasteiger partial charge in [-0.05, 0) is 55.0 Å². The van der Waals surface area contributed by atoms with E-state index in [0.29, 0.717) is 26.2 Å². The van der Waals surface area contributed by atoms with Crippen molar-refractivity contribution in [3.05, 3.63) is 70.3 Å². The van der Waals surface area contributed by atoms with Crippen LogP contribution in [0.1, 0.15) is 43.2 Å². The Hall–Kier alpha value is -3.39. The lowest BCUT2D eigenvalue weighted by Crippen LogP contribution is -2.47. The Kier molecular flexibility index (Phi) is 6.96. The smallest absolute Gasteiger partial charge is 0.250 e. The summed E-state index contributed by atoms with van der Waals surface area (Å²) in [5.74, 6) is -0.0259. The van der Waals surface area contributed by atoms with Crippen LogP contribution in [0.3, 0.4) is 0 Å². The molecule has 1 aromatic carbocycles. The predicted octanol–water partition coefficient (Wildman–Crippen LogP) is 2.36. The molecule has 2 aliphatic rings. The molecule has 8 nitrogen and oxygen atoms in total. The van der Waals surface area contributed by atoms with E-state index in [1.54, 1.807) is 23.9 Å². The van der Waals surface area contributed by atoms with Gasteiger partial charge in [-0.2, -0.15) is 0 Å². The third-order valence-corrected chi connectivity index (χ3v) is 7.56. The van der Waals surface area contributed by atoms with Crippen molar-refractivity contribution in [1.29, 1.82) is 0 Å². The second-order valence-electron chi connectivity index (χ2n) is 10.2. The van der Waals surface area contributed by atoms with Gasteiger partial charge >= 0.3 is 0 Å². The maximum absolute atomic E-state index is 14.1. The number of amides is 2. The van der Waals surface area contributed by atoms with Crippen molar-refractivity contribution in [3.8, 4) is 0 Å². The Morgan fingerprint density at radius 1 is 1.17 bits per heavy atom. The SMILES string of the molecule is CC(=O)NCCn1cc(CN(C(=O)C2CNCC[C@@H]2c2ccn(C)c(=O)c2)C2CC2)c2ccccc21. The molecule has 0 spiro atoms. The van der Waals surface area contributed by atoms with Crippen LogP contribution in [-0.2, 0) is 29.7 Å². The zero-order chi connectivity index (χ0) is 25.2. The minimum absolute atomic E-state index is 0.0351. The van der Waals surface area contributed by atoms with Crippen molar-refractivity contribution in [2.75, 3.05) is 19.6 Å². The quantitative estimate of drug-likeness (QED) is 0.509. The summed E-state index contributed by atoms with van der Waals surface area (Å²) in [6.45, 7) is 4.80. The second kappa shape index (κ2) is 10.3. The predicted molar refractivity (Wildman–Crippen MR) is 140 cm³/mol. The fraction of sp³-hybridized carbons (Fsp3) is 0.464. The molecule has 0 bridgehead atoms. The van der Waals surface area contributed by atoms with E-state index in [-0.39, 0.29) is 35.3 Å². The molecule has 2 aromatic heterocycles. The number of nitrogens with one attached hydrogen (secondary N) is 2. The number of hydrogen-bond acceptors (Lipinski definition) is 4. The molecule has 2 amide bonds. The highest BCUT2D eigenvalue weighted by molar-refractivity contribution is 5.86. The summed E-state index contributed by atoms with van der Waals surface area (Å²) >= 11 is 0. The molecule has 1 saturated carbocycles. The van der Waals surface area contributed by atoms with Gasteiger partial charge in [-0.3, -0.25) is 14.4 Å². The van der Waals surface area contributed by atoms with Gasteiger partial charge in [-0.1, -0.05) is 18.2 Å². The number of rotatable bonds is 8. The van der Waals surface area contributed by atoms with Crippen LogP contribution >= 0.6 is 0 Å². The van der Waals surface area contributed by atoms with Crippen molar-refractivity contribution in [2.24, 2.45) is 13.0 Å². The first-order chi connectivity index (χ1) is 17.4. The number of hydrogen-bond donors (Lipinski definition) is 2. The summed E-state index contributed by atoms with van der Waals surface area (Å²) in [6, 6.07) is 12.2. The van der Waals surface area contributed by atoms with Gasteiger partial charge in [-0.25, -0.2) is 0 Å². The van der Waals surface area contributed by atoms with Crippen LogP contribution in [0.25, 0.3) is 10.9 Å². The van der Waals surface area contributed by atoms with E-state index in [1.165, 1.54) is 6.92 Å². The summed E-state index contributed by atoms with van der Waals surface area (Å²) < 4.78 is 3.74. The van der Waals surface area contributed by atoms with Crippen LogP contribution in [0.15, 0.2) is 53.6 Å². The lowest BCUT2D eigenvalue weighted by molar-refractivity contribution is -0.138. The van der Waals surface area contributed by atoms with E-state index >= 15 is 0 Å². The van der Waals surface area contributed by atoms with Gasteiger partial charge in [0.25, 0.3) is 5.56 Å². The topological polar surface area (TPSA) is 88.4 Å². The molecule has 1 unspecified atom stereocenters. The minimum atomic E-state index is -0.195. The van der Waals surface area contributed by atoms with Crippen LogP contribution < -0.4 is 16.2 Å². The maximum Gasteiger partial charge on any atom is 0.250 e. The zero-order valence-electron chi connectivity index (χ0n) is 21.1. The third-order valence-electron chi connectivity index (χ3n) is 7.56. The van der Waals surface area contributed by atoms with Crippen LogP contribution in [0, 0.1) is 5.92 Å². The number of nitrogens with zero attached hydrogens (tertiary/aromatic N) is 3. The number of benzene rings is 1. The van der Waals surface area contributed by atoms with Gasteiger partial charge in [0.05, 0.1) is 5.92 Å². The molecule has 2 fully saturated rings. The van der Waals surface area contributed by atoms with Gasteiger partial charge in [0.2, 0.25) is 11.8 Å². The standard InChI is InChI=1S/C28H35N5O3/c1-19(34)30-12-14-32-17-21(24-5-3-4-6-26(24)32)18-33(22-7-8-22)28(36)25-16-29-11-9-23(25)20-10-13-31(2)27(35)15-20/h3-6,10,13,15,17,22-23,25,29H,7-9,11-12,14,16,18H2,1-2H3,(H,30,34)/t23-,25?/m1/s1. The monoisotopic (exact) mass is 489 g/mol. The van der Waals surface area contributed by atoms with Crippen molar-refractivity contribution in [1.82, 2.24) is 24.7 Å². The minimum Gasteiger partial charge on any atom is -0.355 e. The van der Waals surface area contributed by atoms with E-state index in [9.17, 15) is 14.4 Å². The molecule has 0 radical (unpaired) electrons. The number of carbonyl (C=O) groups is 2. The Morgan fingerprint density at radius 3 is 2.72 bits per heavy atom. The third kappa shape index (κ3) is 5.09. The fourth-order valence-corrected chi connectivity index (χ4v) is 5.47. The molecule has 2 N–H and O–H groups in total. The van der Waals surface area contributed by atoms with Crippen molar-refractivity contribution < 1.29 is 9.59 Å². The van der Waals surface area contributed by atoms with E-state index in [4.69, 9.17) is 0 Å². The first kappa shape index (κ1) is 24.3. The Bertz CT molecular complexity index is 1320. The molecule has 3 heterocycles. The summed E-state index contributed by atoms with van der Waals surface area (Å²) in [5.41, 5.74) is 3.16. The first-order valence-electron chi connectivity index (χ1n) is 12.9. The van der Waals surface area contributed by atoms with Crippen LogP contribution in [0.2, 0.25) is 0 Å². The molecule has 190 valence electrons. The summed E-state index contributed by atoms with van der Waals surface area (Å²) in [4.78, 5) is 39.8. The molecule has 8 heteroatoms. The van der Waals surface area contributed by atoms with E-state index in [0.717, 1.165) is 47.8 Å². The normalized spacial score (nSPS) is 19.8. The summed E-state index contributed by atoms with van der Waals surface area (Å²) in [5, 5.41) is 7.43. The van der Waals surface area contributed by atoms with Gasteiger partial charge in [0.15, 0.2) is 0 Å². The molecule has 3 aromatic rings. The fourth-order valence-electron chi connectivity index (χ4n) is 5.47.